The molecule has 0 spiro atoms. The summed E-state index contributed by atoms with van der Waals surface area (Å²) in [4.78, 5) is 2.55. The summed E-state index contributed by atoms with van der Waals surface area (Å²) in [7, 11) is 0. The van der Waals surface area contributed by atoms with Gasteiger partial charge in [0.25, 0.3) is 0 Å². The first kappa shape index (κ1) is 21.3. The van der Waals surface area contributed by atoms with Gasteiger partial charge < -0.3 is 4.90 Å². The van der Waals surface area contributed by atoms with E-state index >= 15 is 0 Å². The van der Waals surface area contributed by atoms with Crippen LogP contribution in [0.5, 0.6) is 0 Å². The molecule has 0 unspecified atom stereocenters. The lowest BCUT2D eigenvalue weighted by Gasteiger charge is -2.46. The Morgan fingerprint density at radius 3 is 2.06 bits per heavy atom. The average Bonchev–Trinajstić information content (AvgIpc) is 2.77. The number of nitrogens with zero attached hydrogens (tertiary/aromatic N) is 1. The molecule has 0 N–H and O–H groups in total. The number of fused-ring (bicyclic) bond motifs is 4. The summed E-state index contributed by atoms with van der Waals surface area (Å²) in [6, 6.07) is 25.5. The second-order valence-electron chi connectivity index (χ2n) is 11.0. The molecule has 4 aromatic carbocycles. The van der Waals surface area contributed by atoms with Gasteiger partial charge in [-0.05, 0) is 85.5 Å². The molecule has 0 saturated heterocycles. The Kier molecular flexibility index (Phi) is 4.46. The van der Waals surface area contributed by atoms with Crippen molar-refractivity contribution in [1.82, 2.24) is 0 Å². The second-order valence-corrected chi connectivity index (χ2v) is 11.0. The van der Waals surface area contributed by atoms with E-state index in [1.54, 1.807) is 0 Å². The van der Waals surface area contributed by atoms with Crippen molar-refractivity contribution in [2.45, 2.75) is 53.9 Å². The van der Waals surface area contributed by atoms with Crippen LogP contribution in [0.1, 0.15) is 52.8 Å². The van der Waals surface area contributed by atoms with Gasteiger partial charge in [0, 0.05) is 16.8 Å². The van der Waals surface area contributed by atoms with Crippen molar-refractivity contribution in [3.8, 4) is 0 Å². The molecule has 0 aromatic heterocycles. The van der Waals surface area contributed by atoms with Crippen molar-refractivity contribution >= 4 is 40.2 Å². The maximum Gasteiger partial charge on any atom is 0.247 e. The van der Waals surface area contributed by atoms with Crippen LogP contribution in [0.3, 0.4) is 0 Å². The lowest BCUT2D eigenvalue weighted by atomic mass is 9.30. The lowest BCUT2D eigenvalue weighted by Crippen LogP contribution is -2.64. The topological polar surface area (TPSA) is 3.24 Å². The van der Waals surface area contributed by atoms with E-state index in [4.69, 9.17) is 0 Å². The van der Waals surface area contributed by atoms with Crippen LogP contribution in [0.25, 0.3) is 0 Å². The van der Waals surface area contributed by atoms with E-state index in [2.05, 4.69) is 120 Å². The predicted molar refractivity (Wildman–Crippen MR) is 148 cm³/mol. The summed E-state index contributed by atoms with van der Waals surface area (Å²) in [5, 5.41) is 0. The van der Waals surface area contributed by atoms with Gasteiger partial charge >= 0.3 is 0 Å². The molecule has 0 atom stereocenters. The van der Waals surface area contributed by atoms with Gasteiger partial charge in [0.1, 0.15) is 0 Å². The van der Waals surface area contributed by atoms with E-state index in [1.807, 2.05) is 0 Å². The molecule has 168 valence electrons. The fraction of sp³-hybridized carbons (Fsp3) is 0.250. The zero-order valence-corrected chi connectivity index (χ0v) is 21.4. The molecule has 1 nitrogen and oxygen atoms in total. The van der Waals surface area contributed by atoms with Gasteiger partial charge in [-0.1, -0.05) is 85.0 Å². The fourth-order valence-electron chi connectivity index (χ4n) is 6.97. The Hall–Kier alpha value is -3.26. The van der Waals surface area contributed by atoms with Crippen LogP contribution in [0, 0.1) is 34.6 Å². The van der Waals surface area contributed by atoms with Crippen molar-refractivity contribution in [1.29, 1.82) is 0 Å². The molecule has 0 fully saturated rings. The highest BCUT2D eigenvalue weighted by Gasteiger charge is 2.46. The van der Waals surface area contributed by atoms with Gasteiger partial charge in [0.2, 0.25) is 6.71 Å². The molecule has 6 rings (SSSR count). The van der Waals surface area contributed by atoms with Crippen molar-refractivity contribution in [3.63, 3.8) is 0 Å². The summed E-state index contributed by atoms with van der Waals surface area (Å²) >= 11 is 0. The SMILES string of the molecule is Cc1cc(C)c(N2c3ccc(C)cc3B3c4ccccc4C(C)(C)c4c(C)ccc2c43)c(C)c1. The molecule has 2 heterocycles. The predicted octanol–water partition coefficient (Wildman–Crippen LogP) is 6.17. The first-order valence-corrected chi connectivity index (χ1v) is 12.4. The average molecular weight is 441 g/mol. The van der Waals surface area contributed by atoms with Gasteiger partial charge in [0.05, 0.1) is 5.69 Å². The summed E-state index contributed by atoms with van der Waals surface area (Å²) in [6.07, 6.45) is 0. The molecule has 0 saturated carbocycles. The summed E-state index contributed by atoms with van der Waals surface area (Å²) in [5.41, 5.74) is 17.9. The first-order chi connectivity index (χ1) is 16.2. The molecule has 0 amide bonds. The Morgan fingerprint density at radius 2 is 1.32 bits per heavy atom. The summed E-state index contributed by atoms with van der Waals surface area (Å²) in [6.45, 7) is 16.3. The van der Waals surface area contributed by atoms with Crippen LogP contribution >= 0.6 is 0 Å². The minimum absolute atomic E-state index is 0.0487. The van der Waals surface area contributed by atoms with Crippen molar-refractivity contribution in [2.75, 3.05) is 4.90 Å². The van der Waals surface area contributed by atoms with Crippen LogP contribution in [0.4, 0.5) is 17.1 Å². The van der Waals surface area contributed by atoms with E-state index < -0.39 is 0 Å². The minimum atomic E-state index is -0.0487. The van der Waals surface area contributed by atoms with Crippen molar-refractivity contribution in [3.05, 3.63) is 106 Å². The van der Waals surface area contributed by atoms with E-state index in [0.29, 0.717) is 0 Å². The Bertz CT molecular complexity index is 1470. The Balaban J connectivity index is 1.78. The number of aryl methyl sites for hydroxylation is 5. The lowest BCUT2D eigenvalue weighted by molar-refractivity contribution is 0.641. The third-order valence-corrected chi connectivity index (χ3v) is 8.12. The Labute approximate surface area is 204 Å². The molecular weight excluding hydrogens is 409 g/mol. The molecule has 2 heteroatoms. The highest BCUT2D eigenvalue weighted by Crippen LogP contribution is 2.45. The van der Waals surface area contributed by atoms with Crippen LogP contribution in [-0.4, -0.2) is 6.71 Å². The number of anilines is 3. The molecule has 2 aliphatic rings. The van der Waals surface area contributed by atoms with Gasteiger partial charge in [-0.25, -0.2) is 0 Å². The molecule has 0 bridgehead atoms. The molecule has 34 heavy (non-hydrogen) atoms. The molecule has 0 aliphatic carbocycles. The molecule has 4 aromatic rings. The van der Waals surface area contributed by atoms with Gasteiger partial charge in [0.15, 0.2) is 0 Å². The quantitative estimate of drug-likeness (QED) is 0.281. The van der Waals surface area contributed by atoms with Gasteiger partial charge in [-0.2, -0.15) is 0 Å². The van der Waals surface area contributed by atoms with Crippen LogP contribution in [0.15, 0.2) is 66.7 Å². The van der Waals surface area contributed by atoms with Crippen LogP contribution in [0.2, 0.25) is 0 Å². The van der Waals surface area contributed by atoms with E-state index in [0.717, 1.165) is 0 Å². The normalized spacial score (nSPS) is 15.0. The maximum atomic E-state index is 2.55. The third kappa shape index (κ3) is 2.75. The van der Waals surface area contributed by atoms with Crippen LogP contribution in [-0.2, 0) is 5.41 Å². The Morgan fingerprint density at radius 1 is 0.647 bits per heavy atom. The third-order valence-electron chi connectivity index (χ3n) is 8.12. The van der Waals surface area contributed by atoms with Crippen molar-refractivity contribution in [2.24, 2.45) is 0 Å². The second kappa shape index (κ2) is 7.12. The van der Waals surface area contributed by atoms with E-state index in [1.165, 1.54) is 72.4 Å². The minimum Gasteiger partial charge on any atom is -0.311 e. The largest absolute Gasteiger partial charge is 0.311 e. The number of rotatable bonds is 1. The van der Waals surface area contributed by atoms with Crippen LogP contribution < -0.4 is 21.3 Å². The molecular formula is C32H32BN. The van der Waals surface area contributed by atoms with Gasteiger partial charge in [-0.3, -0.25) is 0 Å². The van der Waals surface area contributed by atoms with Crippen molar-refractivity contribution < 1.29 is 0 Å². The van der Waals surface area contributed by atoms with E-state index in [9.17, 15) is 0 Å². The zero-order valence-electron chi connectivity index (χ0n) is 21.4. The maximum absolute atomic E-state index is 2.55. The highest BCUT2D eigenvalue weighted by atomic mass is 15.2. The van der Waals surface area contributed by atoms with Gasteiger partial charge in [-0.15, -0.1) is 0 Å². The number of hydrogen-bond acceptors (Lipinski definition) is 1. The van der Waals surface area contributed by atoms with E-state index in [-0.39, 0.29) is 12.1 Å². The fourth-order valence-corrected chi connectivity index (χ4v) is 6.97. The number of hydrogen-bond donors (Lipinski definition) is 0. The monoisotopic (exact) mass is 441 g/mol. The summed E-state index contributed by atoms with van der Waals surface area (Å²) in [5.74, 6) is 0. The molecule has 0 radical (unpaired) electrons. The number of benzene rings is 4. The standard InChI is InChI=1S/C32H32BN/c1-19-12-14-27-26(18-19)33-25-11-9-8-10-24(25)32(6,7)29-21(3)13-15-28(30(29)33)34(27)31-22(4)16-20(2)17-23(31)5/h8-18H,1-7H3. The first-order valence-electron chi connectivity index (χ1n) is 12.4. The molecule has 2 aliphatic heterocycles. The zero-order chi connectivity index (χ0) is 23.9. The highest BCUT2D eigenvalue weighted by molar-refractivity contribution is 6.99. The summed E-state index contributed by atoms with van der Waals surface area (Å²) < 4.78 is 0. The smallest absolute Gasteiger partial charge is 0.247 e.